The Bertz CT molecular complexity index is 476. The second-order valence-corrected chi connectivity index (χ2v) is 5.05. The van der Waals surface area contributed by atoms with E-state index >= 15 is 0 Å². The summed E-state index contributed by atoms with van der Waals surface area (Å²) in [7, 11) is 1.37. The number of likely N-dealkylation sites (N-methyl/N-ethyl adjacent to an activating group) is 1. The second-order valence-electron chi connectivity index (χ2n) is 3.96. The molecule has 0 saturated carbocycles. The van der Waals surface area contributed by atoms with Crippen LogP contribution in [0, 0.1) is 6.92 Å². The molecule has 1 aromatic rings. The van der Waals surface area contributed by atoms with E-state index in [9.17, 15) is 9.59 Å². The Labute approximate surface area is 116 Å². The molecule has 0 fully saturated rings. The molecule has 0 amide bonds. The summed E-state index contributed by atoms with van der Waals surface area (Å²) in [5.41, 5.74) is 0.522. The minimum atomic E-state index is -0.320. The van der Waals surface area contributed by atoms with Crippen LogP contribution in [0.1, 0.15) is 19.0 Å². The summed E-state index contributed by atoms with van der Waals surface area (Å²) < 4.78 is 4.72. The largest absolute Gasteiger partial charge is 0.468 e. The molecule has 0 aliphatic rings. The van der Waals surface area contributed by atoms with Gasteiger partial charge in [-0.1, -0.05) is 18.7 Å². The highest BCUT2D eigenvalue weighted by Crippen LogP contribution is 2.13. The van der Waals surface area contributed by atoms with Crippen molar-refractivity contribution < 1.29 is 9.53 Å². The number of carbonyl (C=O) groups excluding carboxylic acids is 1. The molecule has 0 aromatic carbocycles. The minimum absolute atomic E-state index is 0.161. The lowest BCUT2D eigenvalue weighted by Gasteiger charge is -2.14. The molecule has 0 bridgehead atoms. The molecule has 106 valence electrons. The lowest BCUT2D eigenvalue weighted by Crippen LogP contribution is -2.37. The molecule has 0 aliphatic carbocycles. The van der Waals surface area contributed by atoms with Gasteiger partial charge in [0.05, 0.1) is 7.11 Å². The number of esters is 1. The van der Waals surface area contributed by atoms with Crippen molar-refractivity contribution in [2.24, 2.45) is 0 Å². The summed E-state index contributed by atoms with van der Waals surface area (Å²) in [6.45, 7) is 4.40. The summed E-state index contributed by atoms with van der Waals surface area (Å²) in [6, 6.07) is 1.12. The Balaban J connectivity index is 2.51. The molecule has 7 heteroatoms. The normalized spacial score (nSPS) is 12.2. The predicted molar refractivity (Wildman–Crippen MR) is 74.4 cm³/mol. The van der Waals surface area contributed by atoms with Crippen LogP contribution >= 0.6 is 11.8 Å². The lowest BCUT2D eigenvalue weighted by atomic mass is 10.2. The summed E-state index contributed by atoms with van der Waals surface area (Å²) in [5.74, 6) is 0.396. The number of aryl methyl sites for hydroxylation is 1. The summed E-state index contributed by atoms with van der Waals surface area (Å²) in [6.07, 6.45) is 0.614. The van der Waals surface area contributed by atoms with Crippen LogP contribution in [-0.4, -0.2) is 41.4 Å². The molecule has 0 aliphatic heterocycles. The summed E-state index contributed by atoms with van der Waals surface area (Å²) in [4.78, 5) is 29.6. The number of methoxy groups -OCH3 is 1. The number of aromatic amines is 1. The third-order valence-corrected chi connectivity index (χ3v) is 3.34. The first kappa shape index (κ1) is 15.7. The van der Waals surface area contributed by atoms with Crippen LogP contribution in [0.25, 0.3) is 0 Å². The first-order valence-corrected chi connectivity index (χ1v) is 7.07. The monoisotopic (exact) mass is 285 g/mol. The maximum atomic E-state index is 11.5. The minimum Gasteiger partial charge on any atom is -0.468 e. The maximum Gasteiger partial charge on any atom is 0.322 e. The number of thioether (sulfide) groups is 1. The molecule has 0 radical (unpaired) electrons. The van der Waals surface area contributed by atoms with Gasteiger partial charge in [-0.25, -0.2) is 4.98 Å². The van der Waals surface area contributed by atoms with Crippen molar-refractivity contribution in [2.45, 2.75) is 31.5 Å². The van der Waals surface area contributed by atoms with Gasteiger partial charge in [-0.3, -0.25) is 9.59 Å². The first-order valence-electron chi connectivity index (χ1n) is 6.08. The standard InChI is InChI=1S/C12H19N3O3S/c1-4-13-9(11(17)18-3)5-6-19-12-14-8(2)7-10(16)15-12/h7,9,13H,4-6H2,1-3H3,(H,14,15,16). The molecule has 6 nitrogen and oxygen atoms in total. The molecule has 2 N–H and O–H groups in total. The Morgan fingerprint density at radius 3 is 2.95 bits per heavy atom. The highest BCUT2D eigenvalue weighted by Gasteiger charge is 2.17. The van der Waals surface area contributed by atoms with Crippen molar-refractivity contribution in [1.29, 1.82) is 0 Å². The third-order valence-electron chi connectivity index (χ3n) is 2.43. The van der Waals surface area contributed by atoms with E-state index in [1.807, 2.05) is 6.92 Å². The van der Waals surface area contributed by atoms with Crippen molar-refractivity contribution in [3.05, 3.63) is 22.1 Å². The summed E-state index contributed by atoms with van der Waals surface area (Å²) in [5, 5.41) is 3.64. The maximum absolute atomic E-state index is 11.5. The van der Waals surface area contributed by atoms with Crippen molar-refractivity contribution in [2.75, 3.05) is 19.4 Å². The molecule has 0 spiro atoms. The van der Waals surface area contributed by atoms with Gasteiger partial charge in [0.2, 0.25) is 0 Å². The Hall–Kier alpha value is -1.34. The molecule has 1 heterocycles. The fourth-order valence-electron chi connectivity index (χ4n) is 1.59. The number of rotatable bonds is 7. The lowest BCUT2D eigenvalue weighted by molar-refractivity contribution is -0.143. The molecule has 1 atom stereocenters. The van der Waals surface area contributed by atoms with Gasteiger partial charge in [0.1, 0.15) is 6.04 Å². The van der Waals surface area contributed by atoms with Crippen molar-refractivity contribution in [3.8, 4) is 0 Å². The Morgan fingerprint density at radius 1 is 1.63 bits per heavy atom. The predicted octanol–water partition coefficient (Wildman–Crippen LogP) is 0.712. The number of nitrogens with one attached hydrogen (secondary N) is 2. The highest BCUT2D eigenvalue weighted by molar-refractivity contribution is 7.99. The van der Waals surface area contributed by atoms with Gasteiger partial charge in [0, 0.05) is 17.5 Å². The molecule has 1 unspecified atom stereocenters. The average Bonchev–Trinajstić information content (AvgIpc) is 2.35. The van der Waals surface area contributed by atoms with Crippen LogP contribution in [0.15, 0.2) is 16.0 Å². The molecular formula is C12H19N3O3S. The van der Waals surface area contributed by atoms with E-state index in [1.54, 1.807) is 6.92 Å². The highest BCUT2D eigenvalue weighted by atomic mass is 32.2. The fourth-order valence-corrected chi connectivity index (χ4v) is 2.51. The first-order chi connectivity index (χ1) is 9.06. The smallest absolute Gasteiger partial charge is 0.322 e. The Kier molecular flexibility index (Phi) is 6.58. The van der Waals surface area contributed by atoms with E-state index in [1.165, 1.54) is 24.9 Å². The zero-order valence-electron chi connectivity index (χ0n) is 11.4. The number of carbonyl (C=O) groups is 1. The van der Waals surface area contributed by atoms with Crippen LogP contribution in [0.5, 0.6) is 0 Å². The number of aromatic nitrogens is 2. The van der Waals surface area contributed by atoms with Gasteiger partial charge >= 0.3 is 5.97 Å². The van der Waals surface area contributed by atoms with Crippen LogP contribution in [0.2, 0.25) is 0 Å². The SMILES string of the molecule is CCNC(CCSc1nc(C)cc(=O)[nH]1)C(=O)OC. The van der Waals surface area contributed by atoms with E-state index in [4.69, 9.17) is 4.74 Å². The molecule has 19 heavy (non-hydrogen) atoms. The third kappa shape index (κ3) is 5.44. The quantitative estimate of drug-likeness (QED) is 0.436. The van der Waals surface area contributed by atoms with Crippen LogP contribution in [-0.2, 0) is 9.53 Å². The van der Waals surface area contributed by atoms with E-state index < -0.39 is 0 Å². The Morgan fingerprint density at radius 2 is 2.37 bits per heavy atom. The topological polar surface area (TPSA) is 84.1 Å². The van der Waals surface area contributed by atoms with E-state index in [2.05, 4.69) is 15.3 Å². The van der Waals surface area contributed by atoms with Gasteiger partial charge in [-0.05, 0) is 19.9 Å². The van der Waals surface area contributed by atoms with Crippen molar-refractivity contribution >= 4 is 17.7 Å². The number of hydrogen-bond donors (Lipinski definition) is 2. The van der Waals surface area contributed by atoms with Crippen LogP contribution in [0.4, 0.5) is 0 Å². The van der Waals surface area contributed by atoms with Crippen LogP contribution in [0.3, 0.4) is 0 Å². The molecule has 1 rings (SSSR count). The number of nitrogens with zero attached hydrogens (tertiary/aromatic N) is 1. The number of hydrogen-bond acceptors (Lipinski definition) is 6. The molecular weight excluding hydrogens is 266 g/mol. The van der Waals surface area contributed by atoms with Gasteiger partial charge < -0.3 is 15.0 Å². The average molecular weight is 285 g/mol. The number of H-pyrrole nitrogens is 1. The van der Waals surface area contributed by atoms with E-state index in [0.29, 0.717) is 29.6 Å². The van der Waals surface area contributed by atoms with E-state index in [0.717, 1.165) is 0 Å². The van der Waals surface area contributed by atoms with Gasteiger partial charge in [0.15, 0.2) is 5.16 Å². The zero-order valence-corrected chi connectivity index (χ0v) is 12.2. The second kappa shape index (κ2) is 7.96. The van der Waals surface area contributed by atoms with Gasteiger partial charge in [-0.2, -0.15) is 0 Å². The molecule has 0 saturated heterocycles. The fraction of sp³-hybridized carbons (Fsp3) is 0.583. The van der Waals surface area contributed by atoms with E-state index in [-0.39, 0.29) is 17.6 Å². The van der Waals surface area contributed by atoms with Crippen molar-refractivity contribution in [3.63, 3.8) is 0 Å². The van der Waals surface area contributed by atoms with Crippen LogP contribution < -0.4 is 10.9 Å². The van der Waals surface area contributed by atoms with Gasteiger partial charge in [-0.15, -0.1) is 0 Å². The van der Waals surface area contributed by atoms with Gasteiger partial charge in [0.25, 0.3) is 5.56 Å². The number of ether oxygens (including phenoxy) is 1. The zero-order chi connectivity index (χ0) is 14.3. The van der Waals surface area contributed by atoms with Crippen molar-refractivity contribution in [1.82, 2.24) is 15.3 Å². The molecule has 1 aromatic heterocycles. The summed E-state index contributed by atoms with van der Waals surface area (Å²) >= 11 is 1.42.